The Kier molecular flexibility index (Phi) is 3.64. The average molecular weight is 250 g/mol. The third kappa shape index (κ3) is 2.97. The maximum atomic E-state index is 13.2. The predicted octanol–water partition coefficient (Wildman–Crippen LogP) is 3.43. The van der Waals surface area contributed by atoms with Crippen LogP contribution in [0.3, 0.4) is 0 Å². The summed E-state index contributed by atoms with van der Waals surface area (Å²) in [5, 5.41) is 5.28. The van der Waals surface area contributed by atoms with Gasteiger partial charge in [-0.2, -0.15) is 0 Å². The minimum absolute atomic E-state index is 0.185. The van der Waals surface area contributed by atoms with Gasteiger partial charge in [-0.15, -0.1) is 11.3 Å². The zero-order valence-electron chi connectivity index (χ0n) is 9.66. The second-order valence-corrected chi connectivity index (χ2v) is 4.94. The monoisotopic (exact) mass is 250 g/mol. The maximum Gasteiger partial charge on any atom is 0.148 e. The lowest BCUT2D eigenvalue weighted by Crippen LogP contribution is -2.05. The molecule has 0 bridgehead atoms. The van der Waals surface area contributed by atoms with Crippen LogP contribution in [-0.2, 0) is 6.42 Å². The molecule has 0 aliphatic heterocycles. The van der Waals surface area contributed by atoms with E-state index in [9.17, 15) is 4.39 Å². The summed E-state index contributed by atoms with van der Waals surface area (Å²) in [7, 11) is 0. The molecule has 90 valence electrons. The van der Waals surface area contributed by atoms with E-state index in [4.69, 9.17) is 5.73 Å². The van der Waals surface area contributed by atoms with Crippen molar-refractivity contribution in [3.63, 3.8) is 0 Å². The molecular formula is C13H15FN2S. The van der Waals surface area contributed by atoms with Crippen LogP contribution in [0.1, 0.15) is 10.4 Å². The number of nitrogen functional groups attached to an aromatic ring is 1. The van der Waals surface area contributed by atoms with E-state index in [1.807, 2.05) is 0 Å². The first-order valence-corrected chi connectivity index (χ1v) is 6.36. The Morgan fingerprint density at radius 3 is 2.82 bits per heavy atom. The number of hydrogen-bond donors (Lipinski definition) is 2. The first-order chi connectivity index (χ1) is 8.16. The van der Waals surface area contributed by atoms with E-state index in [0.717, 1.165) is 18.7 Å². The summed E-state index contributed by atoms with van der Waals surface area (Å²) in [6.07, 6.45) is 0.954. The Morgan fingerprint density at radius 2 is 2.18 bits per heavy atom. The zero-order valence-corrected chi connectivity index (χ0v) is 10.5. The number of nitrogens with one attached hydrogen (secondary N) is 1. The van der Waals surface area contributed by atoms with Gasteiger partial charge in [-0.25, -0.2) is 4.39 Å². The van der Waals surface area contributed by atoms with Gasteiger partial charge < -0.3 is 11.1 Å². The average Bonchev–Trinajstić information content (AvgIpc) is 2.70. The van der Waals surface area contributed by atoms with Crippen molar-refractivity contribution in [2.75, 3.05) is 17.6 Å². The van der Waals surface area contributed by atoms with Crippen LogP contribution in [0.15, 0.2) is 29.6 Å². The number of aryl methyl sites for hydroxylation is 1. The van der Waals surface area contributed by atoms with Crippen LogP contribution in [0.5, 0.6) is 0 Å². The number of benzene rings is 1. The summed E-state index contributed by atoms with van der Waals surface area (Å²) < 4.78 is 13.2. The lowest BCUT2D eigenvalue weighted by molar-refractivity contribution is 0.633. The summed E-state index contributed by atoms with van der Waals surface area (Å²) in [6.45, 7) is 2.90. The van der Waals surface area contributed by atoms with E-state index >= 15 is 0 Å². The molecule has 3 N–H and O–H groups in total. The highest BCUT2D eigenvalue weighted by molar-refractivity contribution is 7.10. The van der Waals surface area contributed by atoms with Gasteiger partial charge in [-0.3, -0.25) is 0 Å². The molecule has 0 saturated carbocycles. The number of nitrogens with two attached hydrogens (primary N) is 1. The Labute approximate surface area is 104 Å². The van der Waals surface area contributed by atoms with E-state index in [1.165, 1.54) is 16.5 Å². The smallest absolute Gasteiger partial charge is 0.148 e. The van der Waals surface area contributed by atoms with Crippen molar-refractivity contribution in [3.05, 3.63) is 45.9 Å². The second-order valence-electron chi connectivity index (χ2n) is 3.94. The summed E-state index contributed by atoms with van der Waals surface area (Å²) in [5.41, 5.74) is 7.69. The van der Waals surface area contributed by atoms with Gasteiger partial charge in [0, 0.05) is 17.1 Å². The van der Waals surface area contributed by atoms with Gasteiger partial charge in [0.05, 0.1) is 5.69 Å². The molecule has 0 amide bonds. The van der Waals surface area contributed by atoms with Crippen LogP contribution in [0.25, 0.3) is 0 Å². The normalized spacial score (nSPS) is 10.5. The molecular weight excluding hydrogens is 235 g/mol. The van der Waals surface area contributed by atoms with Crippen LogP contribution in [-0.4, -0.2) is 6.54 Å². The molecule has 0 atom stereocenters. The molecule has 0 saturated heterocycles. The number of anilines is 2. The molecule has 1 aromatic heterocycles. The first kappa shape index (κ1) is 11.9. The van der Waals surface area contributed by atoms with Crippen molar-refractivity contribution in [2.24, 2.45) is 0 Å². The highest BCUT2D eigenvalue weighted by atomic mass is 32.1. The van der Waals surface area contributed by atoms with Crippen molar-refractivity contribution < 1.29 is 4.39 Å². The molecule has 0 radical (unpaired) electrons. The van der Waals surface area contributed by atoms with Gasteiger partial charge in [0.1, 0.15) is 5.82 Å². The first-order valence-electron chi connectivity index (χ1n) is 5.48. The highest BCUT2D eigenvalue weighted by Gasteiger charge is 2.01. The zero-order chi connectivity index (χ0) is 12.3. The van der Waals surface area contributed by atoms with E-state index in [1.54, 1.807) is 23.5 Å². The SMILES string of the molecule is Cc1ccsc1CCNc1ccc(N)c(F)c1. The predicted molar refractivity (Wildman–Crippen MR) is 72.1 cm³/mol. The largest absolute Gasteiger partial charge is 0.396 e. The molecule has 2 rings (SSSR count). The summed E-state index contributed by atoms with van der Waals surface area (Å²) in [5.74, 6) is -0.373. The standard InChI is InChI=1S/C13H15FN2S/c1-9-5-7-17-13(9)4-6-16-10-2-3-12(15)11(14)8-10/h2-3,5,7-8,16H,4,6,15H2,1H3. The lowest BCUT2D eigenvalue weighted by Gasteiger charge is -2.07. The number of hydrogen-bond acceptors (Lipinski definition) is 3. The third-order valence-corrected chi connectivity index (χ3v) is 3.73. The van der Waals surface area contributed by atoms with E-state index in [2.05, 4.69) is 23.7 Å². The van der Waals surface area contributed by atoms with Crippen molar-refractivity contribution in [1.82, 2.24) is 0 Å². The van der Waals surface area contributed by atoms with Crippen molar-refractivity contribution >= 4 is 22.7 Å². The molecule has 0 aliphatic carbocycles. The fourth-order valence-electron chi connectivity index (χ4n) is 1.62. The van der Waals surface area contributed by atoms with Crippen LogP contribution in [0.4, 0.5) is 15.8 Å². The molecule has 0 fully saturated rings. The number of thiophene rings is 1. The van der Waals surface area contributed by atoms with Crippen LogP contribution < -0.4 is 11.1 Å². The minimum Gasteiger partial charge on any atom is -0.396 e. The van der Waals surface area contributed by atoms with Gasteiger partial charge in [0.2, 0.25) is 0 Å². The molecule has 0 spiro atoms. The molecule has 1 heterocycles. The van der Waals surface area contributed by atoms with Gasteiger partial charge in [0.25, 0.3) is 0 Å². The molecule has 2 nitrogen and oxygen atoms in total. The van der Waals surface area contributed by atoms with Gasteiger partial charge in [0.15, 0.2) is 0 Å². The number of rotatable bonds is 4. The van der Waals surface area contributed by atoms with Crippen LogP contribution in [0, 0.1) is 12.7 Å². The third-order valence-electron chi connectivity index (χ3n) is 2.65. The maximum absolute atomic E-state index is 13.2. The van der Waals surface area contributed by atoms with E-state index in [0.29, 0.717) is 0 Å². The van der Waals surface area contributed by atoms with Gasteiger partial charge >= 0.3 is 0 Å². The highest BCUT2D eigenvalue weighted by Crippen LogP contribution is 2.18. The lowest BCUT2D eigenvalue weighted by atomic mass is 10.2. The Balaban J connectivity index is 1.90. The Morgan fingerprint density at radius 1 is 1.35 bits per heavy atom. The van der Waals surface area contributed by atoms with Gasteiger partial charge in [-0.1, -0.05) is 0 Å². The topological polar surface area (TPSA) is 38.0 Å². The molecule has 17 heavy (non-hydrogen) atoms. The Hall–Kier alpha value is -1.55. The fourth-order valence-corrected chi connectivity index (χ4v) is 2.53. The van der Waals surface area contributed by atoms with Crippen molar-refractivity contribution in [3.8, 4) is 0 Å². The summed E-state index contributed by atoms with van der Waals surface area (Å²) in [4.78, 5) is 1.37. The van der Waals surface area contributed by atoms with Crippen molar-refractivity contribution in [2.45, 2.75) is 13.3 Å². The van der Waals surface area contributed by atoms with Gasteiger partial charge in [-0.05, 0) is 48.6 Å². The quantitative estimate of drug-likeness (QED) is 0.816. The molecule has 0 aliphatic rings. The fraction of sp³-hybridized carbons (Fsp3) is 0.231. The second kappa shape index (κ2) is 5.19. The molecule has 4 heteroatoms. The summed E-state index contributed by atoms with van der Waals surface area (Å²) >= 11 is 1.76. The minimum atomic E-state index is -0.373. The molecule has 0 unspecified atom stereocenters. The van der Waals surface area contributed by atoms with Crippen LogP contribution in [0.2, 0.25) is 0 Å². The molecule has 2 aromatic rings. The number of halogens is 1. The Bertz CT molecular complexity index is 508. The summed E-state index contributed by atoms with van der Waals surface area (Å²) in [6, 6.07) is 6.91. The van der Waals surface area contributed by atoms with E-state index in [-0.39, 0.29) is 11.5 Å². The molecule has 1 aromatic carbocycles. The van der Waals surface area contributed by atoms with Crippen LogP contribution >= 0.6 is 11.3 Å². The van der Waals surface area contributed by atoms with Crippen molar-refractivity contribution in [1.29, 1.82) is 0 Å². The van der Waals surface area contributed by atoms with E-state index < -0.39 is 0 Å².